The molecule has 0 amide bonds. The number of aliphatic imine (C=N–C) groups is 1. The lowest BCUT2D eigenvalue weighted by atomic mass is 9.69. The molecular formula is C17H28N2S. The molecular weight excluding hydrogens is 264 g/mol. The molecule has 3 heteroatoms. The molecule has 3 saturated carbocycles. The Kier molecular flexibility index (Phi) is 2.82. The van der Waals surface area contributed by atoms with Crippen molar-refractivity contribution in [3.05, 3.63) is 0 Å². The van der Waals surface area contributed by atoms with Gasteiger partial charge in [-0.3, -0.25) is 4.99 Å². The van der Waals surface area contributed by atoms with Crippen LogP contribution in [0.3, 0.4) is 0 Å². The van der Waals surface area contributed by atoms with E-state index < -0.39 is 0 Å². The number of hydrogen-bond donors (Lipinski definition) is 1. The van der Waals surface area contributed by atoms with Gasteiger partial charge in [0.15, 0.2) is 5.17 Å². The lowest BCUT2D eigenvalue weighted by Gasteiger charge is -2.40. The molecule has 112 valence electrons. The standard InChI is InChI=1S/C17H28N2S/c1-15(2)12-6-9-16(3,10-12)13(15)18-14-19-17(11-20-14)7-4-5-8-17/h12-13H,4-11H2,1-3H3,(H,18,19). The third kappa shape index (κ3) is 1.81. The quantitative estimate of drug-likeness (QED) is 0.783. The van der Waals surface area contributed by atoms with Crippen molar-refractivity contribution in [2.45, 2.75) is 77.3 Å². The summed E-state index contributed by atoms with van der Waals surface area (Å²) >= 11 is 1.99. The minimum absolute atomic E-state index is 0.396. The minimum atomic E-state index is 0.396. The first-order valence-corrected chi connectivity index (χ1v) is 9.41. The molecule has 0 aromatic heterocycles. The highest BCUT2D eigenvalue weighted by atomic mass is 32.2. The van der Waals surface area contributed by atoms with Gasteiger partial charge in [-0.2, -0.15) is 0 Å². The Hall–Kier alpha value is -0.180. The predicted molar refractivity (Wildman–Crippen MR) is 87.2 cm³/mol. The first-order chi connectivity index (χ1) is 9.44. The fraction of sp³-hybridized carbons (Fsp3) is 0.941. The van der Waals surface area contributed by atoms with Gasteiger partial charge in [-0.05, 0) is 48.9 Å². The van der Waals surface area contributed by atoms with E-state index in [-0.39, 0.29) is 0 Å². The fourth-order valence-corrected chi connectivity index (χ4v) is 6.85. The number of amidine groups is 1. The average Bonchev–Trinajstić information content (AvgIpc) is 3.11. The third-order valence-electron chi connectivity index (χ3n) is 6.86. The lowest BCUT2D eigenvalue weighted by molar-refractivity contribution is 0.142. The molecule has 1 spiro atoms. The van der Waals surface area contributed by atoms with Gasteiger partial charge >= 0.3 is 0 Å². The van der Waals surface area contributed by atoms with E-state index >= 15 is 0 Å². The van der Waals surface area contributed by atoms with Gasteiger partial charge in [-0.15, -0.1) is 0 Å². The van der Waals surface area contributed by atoms with Crippen molar-refractivity contribution < 1.29 is 0 Å². The Balaban J connectivity index is 1.58. The van der Waals surface area contributed by atoms with E-state index in [0.717, 1.165) is 5.92 Å². The second kappa shape index (κ2) is 4.18. The molecule has 3 aliphatic carbocycles. The van der Waals surface area contributed by atoms with Crippen LogP contribution in [0.1, 0.15) is 65.7 Å². The third-order valence-corrected chi connectivity index (χ3v) is 8.04. The van der Waals surface area contributed by atoms with Crippen LogP contribution in [-0.2, 0) is 0 Å². The Morgan fingerprint density at radius 2 is 1.90 bits per heavy atom. The van der Waals surface area contributed by atoms with Crippen LogP contribution in [0.4, 0.5) is 0 Å². The highest BCUT2D eigenvalue weighted by Gasteiger charge is 2.59. The zero-order valence-electron chi connectivity index (χ0n) is 13.2. The number of rotatable bonds is 1. The molecule has 4 aliphatic rings. The Morgan fingerprint density at radius 1 is 1.15 bits per heavy atom. The van der Waals surface area contributed by atoms with Gasteiger partial charge < -0.3 is 5.32 Å². The molecule has 0 aromatic carbocycles. The fourth-order valence-electron chi connectivity index (χ4n) is 5.61. The van der Waals surface area contributed by atoms with Gasteiger partial charge in [0.25, 0.3) is 0 Å². The van der Waals surface area contributed by atoms with Crippen LogP contribution >= 0.6 is 11.8 Å². The summed E-state index contributed by atoms with van der Waals surface area (Å²) in [6, 6.07) is 0.528. The maximum absolute atomic E-state index is 5.27. The zero-order chi connectivity index (χ0) is 14.0. The van der Waals surface area contributed by atoms with Crippen LogP contribution in [0.15, 0.2) is 4.99 Å². The van der Waals surface area contributed by atoms with Crippen LogP contribution in [0.2, 0.25) is 0 Å². The highest BCUT2D eigenvalue weighted by Crippen LogP contribution is 2.63. The van der Waals surface area contributed by atoms with Crippen LogP contribution < -0.4 is 5.32 Å². The molecule has 4 fully saturated rings. The number of fused-ring (bicyclic) bond motifs is 2. The SMILES string of the molecule is CC12CCC(C1)C(C)(C)C2N=C1NC2(CCCC2)CS1. The molecule has 3 unspecified atom stereocenters. The Bertz CT molecular complexity index is 445. The molecule has 4 rings (SSSR count). The summed E-state index contributed by atoms with van der Waals surface area (Å²) in [7, 11) is 0. The smallest absolute Gasteiger partial charge is 0.157 e. The molecule has 0 radical (unpaired) electrons. The molecule has 1 heterocycles. The van der Waals surface area contributed by atoms with Crippen LogP contribution in [0.5, 0.6) is 0 Å². The van der Waals surface area contributed by atoms with E-state index in [0.29, 0.717) is 22.4 Å². The number of nitrogens with one attached hydrogen (secondary N) is 1. The van der Waals surface area contributed by atoms with E-state index in [9.17, 15) is 0 Å². The van der Waals surface area contributed by atoms with Gasteiger partial charge in [-0.1, -0.05) is 45.4 Å². The minimum Gasteiger partial charge on any atom is -0.359 e. The molecule has 2 nitrogen and oxygen atoms in total. The van der Waals surface area contributed by atoms with Crippen molar-refractivity contribution in [3.8, 4) is 0 Å². The van der Waals surface area contributed by atoms with Crippen LogP contribution in [0, 0.1) is 16.7 Å². The number of nitrogens with zero attached hydrogens (tertiary/aromatic N) is 1. The van der Waals surface area contributed by atoms with Crippen molar-refractivity contribution in [3.63, 3.8) is 0 Å². The number of thioether (sulfide) groups is 1. The van der Waals surface area contributed by atoms with Crippen molar-refractivity contribution in [1.29, 1.82) is 0 Å². The zero-order valence-corrected chi connectivity index (χ0v) is 14.0. The summed E-state index contributed by atoms with van der Waals surface area (Å²) < 4.78 is 0. The molecule has 2 bridgehead atoms. The van der Waals surface area contributed by atoms with E-state index in [1.165, 1.54) is 55.9 Å². The molecule has 1 saturated heterocycles. The van der Waals surface area contributed by atoms with E-state index in [1.54, 1.807) is 0 Å². The summed E-state index contributed by atoms with van der Waals surface area (Å²) in [6.45, 7) is 7.41. The van der Waals surface area contributed by atoms with Crippen molar-refractivity contribution >= 4 is 16.9 Å². The predicted octanol–water partition coefficient (Wildman–Crippen LogP) is 4.21. The van der Waals surface area contributed by atoms with Crippen molar-refractivity contribution in [1.82, 2.24) is 5.32 Å². The second-order valence-corrected chi connectivity index (χ2v) is 9.62. The van der Waals surface area contributed by atoms with Crippen LogP contribution in [0.25, 0.3) is 0 Å². The van der Waals surface area contributed by atoms with Gasteiger partial charge in [0.05, 0.1) is 6.04 Å². The van der Waals surface area contributed by atoms with E-state index in [4.69, 9.17) is 4.99 Å². The maximum atomic E-state index is 5.27. The molecule has 3 atom stereocenters. The first-order valence-electron chi connectivity index (χ1n) is 8.42. The molecule has 1 aliphatic heterocycles. The summed E-state index contributed by atoms with van der Waals surface area (Å²) in [5, 5.41) is 5.08. The molecule has 0 aromatic rings. The first kappa shape index (κ1) is 13.5. The second-order valence-electron chi connectivity index (χ2n) is 8.65. The lowest BCUT2D eigenvalue weighted by Crippen LogP contribution is -2.43. The highest BCUT2D eigenvalue weighted by molar-refractivity contribution is 8.14. The summed E-state index contributed by atoms with van der Waals surface area (Å²) in [4.78, 5) is 5.27. The topological polar surface area (TPSA) is 24.4 Å². The average molecular weight is 292 g/mol. The summed E-state index contributed by atoms with van der Waals surface area (Å²) in [6.07, 6.45) is 9.72. The molecule has 20 heavy (non-hydrogen) atoms. The maximum Gasteiger partial charge on any atom is 0.157 e. The molecule has 1 N–H and O–H groups in total. The van der Waals surface area contributed by atoms with Crippen molar-refractivity contribution in [2.24, 2.45) is 21.7 Å². The monoisotopic (exact) mass is 292 g/mol. The van der Waals surface area contributed by atoms with Crippen molar-refractivity contribution in [2.75, 3.05) is 5.75 Å². The van der Waals surface area contributed by atoms with E-state index in [2.05, 4.69) is 26.1 Å². The van der Waals surface area contributed by atoms with Gasteiger partial charge in [0, 0.05) is 11.3 Å². The summed E-state index contributed by atoms with van der Waals surface area (Å²) in [5.41, 5.74) is 1.27. The van der Waals surface area contributed by atoms with Gasteiger partial charge in [0.1, 0.15) is 0 Å². The van der Waals surface area contributed by atoms with Crippen LogP contribution in [-0.4, -0.2) is 22.5 Å². The number of hydrogen-bond acceptors (Lipinski definition) is 2. The largest absolute Gasteiger partial charge is 0.359 e. The Labute approximate surface area is 127 Å². The Morgan fingerprint density at radius 3 is 2.55 bits per heavy atom. The summed E-state index contributed by atoms with van der Waals surface area (Å²) in [5.74, 6) is 2.15. The van der Waals surface area contributed by atoms with Gasteiger partial charge in [0.2, 0.25) is 0 Å². The van der Waals surface area contributed by atoms with Gasteiger partial charge in [-0.25, -0.2) is 0 Å². The van der Waals surface area contributed by atoms with E-state index in [1.807, 2.05) is 11.8 Å². The normalized spacial score (nSPS) is 46.5.